The predicted octanol–water partition coefficient (Wildman–Crippen LogP) is 5.44. The molecule has 1 rings (SSSR count). The summed E-state index contributed by atoms with van der Waals surface area (Å²) in [5.41, 5.74) is 1.55. The lowest BCUT2D eigenvalue weighted by Gasteiger charge is -2.24. The molecular formula is C24H38O3. The Bertz CT molecular complexity index is 602. The molecule has 3 nitrogen and oxygen atoms in total. The van der Waals surface area contributed by atoms with E-state index in [0.29, 0.717) is 6.42 Å². The van der Waals surface area contributed by atoms with E-state index in [1.165, 1.54) is 5.56 Å². The molecule has 27 heavy (non-hydrogen) atoms. The van der Waals surface area contributed by atoms with Gasteiger partial charge in [-0.05, 0) is 42.7 Å². The average molecular weight is 375 g/mol. The van der Waals surface area contributed by atoms with Gasteiger partial charge in [0, 0.05) is 12.3 Å². The number of aliphatic hydroxyl groups is 1. The van der Waals surface area contributed by atoms with Crippen molar-refractivity contribution in [3.05, 3.63) is 35.4 Å². The molecule has 0 aromatic heterocycles. The van der Waals surface area contributed by atoms with E-state index in [1.807, 2.05) is 32.9 Å². The quantitative estimate of drug-likeness (QED) is 0.555. The highest BCUT2D eigenvalue weighted by atomic mass is 16.3. The number of carbonyl (C=O) groups excluding carboxylic acids is 2. The van der Waals surface area contributed by atoms with Gasteiger partial charge < -0.3 is 9.90 Å². The molecule has 3 atom stereocenters. The molecule has 1 aromatic carbocycles. The van der Waals surface area contributed by atoms with E-state index < -0.39 is 5.60 Å². The molecule has 0 fully saturated rings. The predicted molar refractivity (Wildman–Crippen MR) is 112 cm³/mol. The summed E-state index contributed by atoms with van der Waals surface area (Å²) >= 11 is 0. The van der Waals surface area contributed by atoms with Gasteiger partial charge >= 0.3 is 0 Å². The van der Waals surface area contributed by atoms with E-state index in [4.69, 9.17) is 0 Å². The highest BCUT2D eigenvalue weighted by Crippen LogP contribution is 2.31. The van der Waals surface area contributed by atoms with Crippen LogP contribution < -0.4 is 0 Å². The van der Waals surface area contributed by atoms with Crippen LogP contribution in [0.2, 0.25) is 0 Å². The molecular weight excluding hydrogens is 336 g/mol. The molecule has 0 aliphatic carbocycles. The van der Waals surface area contributed by atoms with Crippen molar-refractivity contribution >= 4 is 12.1 Å². The monoisotopic (exact) mass is 374 g/mol. The summed E-state index contributed by atoms with van der Waals surface area (Å²) in [7, 11) is 0. The standard InChI is InChI=1S/C24H38O3/c1-17(9-8-14-24(6,7)27)15-21(26)22(18(2)16-25)19-10-12-20(13-11-19)23(3,4)5/h10-13,16-18,22,27H,8-9,14-15H2,1-7H3. The average Bonchev–Trinajstić information content (AvgIpc) is 2.53. The van der Waals surface area contributed by atoms with Crippen molar-refractivity contribution in [1.29, 1.82) is 0 Å². The molecule has 0 radical (unpaired) electrons. The van der Waals surface area contributed by atoms with Gasteiger partial charge in [0.2, 0.25) is 0 Å². The molecule has 152 valence electrons. The summed E-state index contributed by atoms with van der Waals surface area (Å²) in [6.45, 7) is 14.0. The third kappa shape index (κ3) is 7.96. The Hall–Kier alpha value is -1.48. The Labute approximate surface area is 165 Å². The van der Waals surface area contributed by atoms with Gasteiger partial charge in [-0.15, -0.1) is 0 Å². The maximum atomic E-state index is 13.0. The number of hydrogen-bond acceptors (Lipinski definition) is 3. The van der Waals surface area contributed by atoms with Crippen LogP contribution in [0.25, 0.3) is 0 Å². The van der Waals surface area contributed by atoms with Crippen molar-refractivity contribution in [2.24, 2.45) is 11.8 Å². The molecule has 0 aliphatic rings. The van der Waals surface area contributed by atoms with Crippen LogP contribution in [0.4, 0.5) is 0 Å². The maximum Gasteiger partial charge on any atom is 0.141 e. The smallest absolute Gasteiger partial charge is 0.141 e. The van der Waals surface area contributed by atoms with Crippen molar-refractivity contribution in [3.8, 4) is 0 Å². The number of benzene rings is 1. The van der Waals surface area contributed by atoms with Gasteiger partial charge in [0.15, 0.2) is 0 Å². The lowest BCUT2D eigenvalue weighted by molar-refractivity contribution is -0.125. The topological polar surface area (TPSA) is 54.4 Å². The van der Waals surface area contributed by atoms with E-state index in [-0.39, 0.29) is 29.0 Å². The van der Waals surface area contributed by atoms with Crippen molar-refractivity contribution in [3.63, 3.8) is 0 Å². The van der Waals surface area contributed by atoms with Gasteiger partial charge in [-0.2, -0.15) is 0 Å². The van der Waals surface area contributed by atoms with Crippen LogP contribution in [-0.4, -0.2) is 22.8 Å². The first-order valence-corrected chi connectivity index (χ1v) is 10.2. The summed E-state index contributed by atoms with van der Waals surface area (Å²) in [5.74, 6) is -0.335. The van der Waals surface area contributed by atoms with Crippen molar-refractivity contribution in [2.75, 3.05) is 0 Å². The SMILES string of the molecule is CC(CCCC(C)(C)O)CC(=O)C(c1ccc(C(C)(C)C)cc1)C(C)C=O. The van der Waals surface area contributed by atoms with Crippen LogP contribution in [-0.2, 0) is 15.0 Å². The Morgan fingerprint density at radius 3 is 2.07 bits per heavy atom. The number of Topliss-reactive ketones (excluding diaryl/α,β-unsaturated/α-hetero) is 1. The summed E-state index contributed by atoms with van der Waals surface area (Å²) in [6.07, 6.45) is 3.88. The Kier molecular flexibility index (Phi) is 8.41. The molecule has 0 spiro atoms. The second kappa shape index (κ2) is 9.64. The van der Waals surface area contributed by atoms with Crippen LogP contribution in [0.1, 0.15) is 91.2 Å². The maximum absolute atomic E-state index is 13.0. The van der Waals surface area contributed by atoms with Gasteiger partial charge in [-0.1, -0.05) is 71.7 Å². The van der Waals surface area contributed by atoms with Gasteiger partial charge in [0.25, 0.3) is 0 Å². The molecule has 0 amide bonds. The van der Waals surface area contributed by atoms with Crippen LogP contribution >= 0.6 is 0 Å². The van der Waals surface area contributed by atoms with E-state index in [9.17, 15) is 14.7 Å². The minimum atomic E-state index is -0.660. The second-order valence-electron chi connectivity index (χ2n) is 9.83. The van der Waals surface area contributed by atoms with Gasteiger partial charge in [0.1, 0.15) is 12.1 Å². The first-order chi connectivity index (χ1) is 12.3. The van der Waals surface area contributed by atoms with Gasteiger partial charge in [-0.3, -0.25) is 4.79 Å². The molecule has 3 unspecified atom stereocenters. The number of aldehydes is 1. The normalized spacial score (nSPS) is 15.9. The molecule has 0 saturated heterocycles. The molecule has 1 N–H and O–H groups in total. The highest BCUT2D eigenvalue weighted by Gasteiger charge is 2.28. The number of carbonyl (C=O) groups is 2. The second-order valence-corrected chi connectivity index (χ2v) is 9.83. The van der Waals surface area contributed by atoms with Crippen molar-refractivity contribution in [2.45, 2.75) is 91.1 Å². The van der Waals surface area contributed by atoms with Gasteiger partial charge in [0.05, 0.1) is 11.5 Å². The van der Waals surface area contributed by atoms with Crippen LogP contribution in [0.15, 0.2) is 24.3 Å². The minimum absolute atomic E-state index is 0.0588. The summed E-state index contributed by atoms with van der Waals surface area (Å²) < 4.78 is 0. The molecule has 0 heterocycles. The first kappa shape index (κ1) is 23.6. The fraction of sp³-hybridized carbons (Fsp3) is 0.667. The third-order valence-electron chi connectivity index (χ3n) is 5.26. The summed E-state index contributed by atoms with van der Waals surface area (Å²) in [4.78, 5) is 24.4. The zero-order valence-corrected chi connectivity index (χ0v) is 18.2. The zero-order chi connectivity index (χ0) is 20.8. The van der Waals surface area contributed by atoms with E-state index in [1.54, 1.807) is 0 Å². The minimum Gasteiger partial charge on any atom is -0.390 e. The highest BCUT2D eigenvalue weighted by molar-refractivity contribution is 5.88. The number of ketones is 1. The summed E-state index contributed by atoms with van der Waals surface area (Å²) in [6, 6.07) is 8.14. The Morgan fingerprint density at radius 2 is 1.63 bits per heavy atom. The van der Waals surface area contributed by atoms with Crippen LogP contribution in [0.5, 0.6) is 0 Å². The number of rotatable bonds is 10. The lowest BCUT2D eigenvalue weighted by atomic mass is 9.79. The molecule has 3 heteroatoms. The largest absolute Gasteiger partial charge is 0.390 e. The van der Waals surface area contributed by atoms with Gasteiger partial charge in [-0.25, -0.2) is 0 Å². The fourth-order valence-corrected chi connectivity index (χ4v) is 3.51. The van der Waals surface area contributed by atoms with E-state index in [2.05, 4.69) is 39.8 Å². The first-order valence-electron chi connectivity index (χ1n) is 10.2. The molecule has 1 aromatic rings. The lowest BCUT2D eigenvalue weighted by Crippen LogP contribution is -2.23. The molecule has 0 bridgehead atoms. The van der Waals surface area contributed by atoms with E-state index in [0.717, 1.165) is 31.1 Å². The zero-order valence-electron chi connectivity index (χ0n) is 18.2. The Morgan fingerprint density at radius 1 is 1.07 bits per heavy atom. The molecule has 0 saturated carbocycles. The van der Waals surface area contributed by atoms with Crippen LogP contribution in [0.3, 0.4) is 0 Å². The van der Waals surface area contributed by atoms with E-state index >= 15 is 0 Å². The fourth-order valence-electron chi connectivity index (χ4n) is 3.51. The van der Waals surface area contributed by atoms with Crippen LogP contribution in [0, 0.1) is 11.8 Å². The van der Waals surface area contributed by atoms with Crippen molar-refractivity contribution in [1.82, 2.24) is 0 Å². The third-order valence-corrected chi connectivity index (χ3v) is 5.26. The number of hydrogen-bond donors (Lipinski definition) is 1. The van der Waals surface area contributed by atoms with Crippen molar-refractivity contribution < 1.29 is 14.7 Å². The molecule has 0 aliphatic heterocycles. The summed E-state index contributed by atoms with van der Waals surface area (Å²) in [5, 5.41) is 9.83. The Balaban J connectivity index is 2.84.